The Bertz CT molecular complexity index is 716. The Morgan fingerprint density at radius 1 is 1.05 bits per heavy atom. The van der Waals surface area contributed by atoms with Gasteiger partial charge in [0, 0.05) is 11.8 Å². The Morgan fingerprint density at radius 3 is 2.47 bits per heavy atom. The van der Waals surface area contributed by atoms with Crippen molar-refractivity contribution in [3.8, 4) is 0 Å². The van der Waals surface area contributed by atoms with Gasteiger partial charge >= 0.3 is 0 Å². The molecule has 0 aliphatic carbocycles. The number of nitrogens with one attached hydrogen (secondary N) is 1. The molecule has 2 heteroatoms. The first-order chi connectivity index (χ1) is 9.22. The predicted molar refractivity (Wildman–Crippen MR) is 79.7 cm³/mol. The molecule has 0 bridgehead atoms. The zero-order valence-electron chi connectivity index (χ0n) is 10.6. The fourth-order valence-corrected chi connectivity index (χ4v) is 1.78. The van der Waals surface area contributed by atoms with E-state index in [1.54, 1.807) is 18.3 Å². The minimum absolute atomic E-state index is 0.154. The molecule has 2 nitrogen and oxygen atoms in total. The second-order valence-corrected chi connectivity index (χ2v) is 4.11. The fraction of sp³-hybridized carbons (Fsp3) is 0. The predicted octanol–water partition coefficient (Wildman–Crippen LogP) is 1.91. The van der Waals surface area contributed by atoms with Gasteiger partial charge in [0.1, 0.15) is 0 Å². The molecule has 1 amide bonds. The van der Waals surface area contributed by atoms with Crippen LogP contribution in [0.4, 0.5) is 0 Å². The van der Waals surface area contributed by atoms with Crippen LogP contribution < -0.4 is 15.8 Å². The number of carbonyl (C=O) groups is 1. The third-order valence-corrected chi connectivity index (χ3v) is 2.84. The van der Waals surface area contributed by atoms with Crippen LogP contribution in [0.5, 0.6) is 0 Å². The van der Waals surface area contributed by atoms with Gasteiger partial charge < -0.3 is 5.32 Å². The Balaban J connectivity index is 2.28. The zero-order chi connectivity index (χ0) is 13.7. The molecule has 0 radical (unpaired) electrons. The third-order valence-electron chi connectivity index (χ3n) is 2.84. The number of amides is 1. The summed E-state index contributed by atoms with van der Waals surface area (Å²) in [6.45, 7) is 7.61. The highest BCUT2D eigenvalue weighted by atomic mass is 16.1. The van der Waals surface area contributed by atoms with Gasteiger partial charge in [0.2, 0.25) is 0 Å². The van der Waals surface area contributed by atoms with Gasteiger partial charge in [0.15, 0.2) is 0 Å². The first kappa shape index (κ1) is 12.8. The molecule has 0 unspecified atom stereocenters. The van der Waals surface area contributed by atoms with E-state index in [9.17, 15) is 4.79 Å². The number of benzene rings is 2. The number of carbonyl (C=O) groups excluding carboxylic acids is 1. The van der Waals surface area contributed by atoms with Crippen LogP contribution in [-0.2, 0) is 0 Å². The summed E-state index contributed by atoms with van der Waals surface area (Å²) in [5.74, 6) is -0.154. The number of rotatable bonds is 3. The molecule has 2 aromatic rings. The van der Waals surface area contributed by atoms with Crippen molar-refractivity contribution in [1.29, 1.82) is 0 Å². The van der Waals surface area contributed by atoms with Crippen molar-refractivity contribution in [2.24, 2.45) is 0 Å². The van der Waals surface area contributed by atoms with E-state index in [2.05, 4.69) is 18.5 Å². The minimum atomic E-state index is -0.154. The van der Waals surface area contributed by atoms with Gasteiger partial charge in [-0.15, -0.1) is 0 Å². The summed E-state index contributed by atoms with van der Waals surface area (Å²) in [5, 5.41) is 4.55. The van der Waals surface area contributed by atoms with E-state index in [0.717, 1.165) is 16.0 Å². The molecule has 1 N–H and O–H groups in total. The Kier molecular flexibility index (Phi) is 3.94. The Labute approximate surface area is 112 Å². The van der Waals surface area contributed by atoms with E-state index in [-0.39, 0.29) is 5.91 Å². The molecule has 2 rings (SSSR count). The molecular weight excluding hydrogens is 234 g/mol. The molecule has 0 atom stereocenters. The lowest BCUT2D eigenvalue weighted by Crippen LogP contribution is -2.28. The lowest BCUT2D eigenvalue weighted by molar-refractivity contribution is 0.0975. The Morgan fingerprint density at radius 2 is 1.74 bits per heavy atom. The minimum Gasteiger partial charge on any atom is -0.328 e. The molecular formula is C17H15NO. The Hall–Kier alpha value is -2.61. The van der Waals surface area contributed by atoms with Crippen LogP contribution in [-0.4, -0.2) is 5.91 Å². The van der Waals surface area contributed by atoms with Gasteiger partial charge in [-0.3, -0.25) is 4.79 Å². The smallest absolute Gasteiger partial charge is 0.255 e. The summed E-state index contributed by atoms with van der Waals surface area (Å²) in [6, 6.07) is 15.0. The number of hydrogen-bond donors (Lipinski definition) is 1. The molecule has 0 heterocycles. The quantitative estimate of drug-likeness (QED) is 0.884. The van der Waals surface area contributed by atoms with Gasteiger partial charge in [-0.2, -0.15) is 0 Å². The summed E-state index contributed by atoms with van der Waals surface area (Å²) in [4.78, 5) is 12.1. The van der Waals surface area contributed by atoms with Crippen LogP contribution >= 0.6 is 0 Å². The standard InChI is InChI=1S/C17H15NO/c1-3-14-9-6-7-11-16(14)17(19)18-12-15-10-5-4-8-13(15)2/h3-12H,1-2H2,(H,18,19)/b15-12+. The van der Waals surface area contributed by atoms with Crippen LogP contribution in [0.1, 0.15) is 15.9 Å². The van der Waals surface area contributed by atoms with Crippen LogP contribution in [0.3, 0.4) is 0 Å². The lowest BCUT2D eigenvalue weighted by atomic mass is 10.1. The molecule has 0 saturated heterocycles. The van der Waals surface area contributed by atoms with Crippen molar-refractivity contribution in [2.45, 2.75) is 0 Å². The summed E-state index contributed by atoms with van der Waals surface area (Å²) in [7, 11) is 0. The normalized spacial score (nSPS) is 11.1. The van der Waals surface area contributed by atoms with Gasteiger partial charge in [-0.25, -0.2) is 0 Å². The highest BCUT2D eigenvalue weighted by molar-refractivity contribution is 5.99. The van der Waals surface area contributed by atoms with Crippen molar-refractivity contribution >= 4 is 24.8 Å². The third kappa shape index (κ3) is 2.99. The molecule has 0 aromatic heterocycles. The van der Waals surface area contributed by atoms with E-state index < -0.39 is 0 Å². The van der Waals surface area contributed by atoms with Gasteiger partial charge in [0.25, 0.3) is 5.91 Å². The first-order valence-electron chi connectivity index (χ1n) is 5.99. The SMILES string of the molecule is C=Cc1ccccc1C(=O)N/C=c1\ccccc1=C. The second kappa shape index (κ2) is 5.83. The highest BCUT2D eigenvalue weighted by Crippen LogP contribution is 2.09. The van der Waals surface area contributed by atoms with E-state index in [4.69, 9.17) is 0 Å². The van der Waals surface area contributed by atoms with Gasteiger partial charge in [-0.05, 0) is 22.1 Å². The first-order valence-corrected chi connectivity index (χ1v) is 5.99. The molecule has 0 fully saturated rings. The van der Waals surface area contributed by atoms with Crippen molar-refractivity contribution < 1.29 is 4.79 Å². The molecule has 0 aliphatic rings. The zero-order valence-corrected chi connectivity index (χ0v) is 10.6. The van der Waals surface area contributed by atoms with Crippen molar-refractivity contribution in [3.05, 3.63) is 76.7 Å². The maximum absolute atomic E-state index is 12.1. The van der Waals surface area contributed by atoms with Crippen molar-refractivity contribution in [2.75, 3.05) is 0 Å². The van der Waals surface area contributed by atoms with Crippen LogP contribution in [0.25, 0.3) is 18.9 Å². The molecule has 19 heavy (non-hydrogen) atoms. The maximum Gasteiger partial charge on any atom is 0.255 e. The van der Waals surface area contributed by atoms with E-state index in [0.29, 0.717) is 5.56 Å². The van der Waals surface area contributed by atoms with Crippen molar-refractivity contribution in [3.63, 3.8) is 0 Å². The lowest BCUT2D eigenvalue weighted by Gasteiger charge is -2.04. The van der Waals surface area contributed by atoms with Crippen LogP contribution in [0, 0.1) is 0 Å². The monoisotopic (exact) mass is 249 g/mol. The van der Waals surface area contributed by atoms with E-state index in [1.165, 1.54) is 0 Å². The largest absolute Gasteiger partial charge is 0.328 e. The van der Waals surface area contributed by atoms with Crippen LogP contribution in [0.15, 0.2) is 55.1 Å². The highest BCUT2D eigenvalue weighted by Gasteiger charge is 2.06. The fourth-order valence-electron chi connectivity index (χ4n) is 1.78. The maximum atomic E-state index is 12.1. The summed E-state index contributed by atoms with van der Waals surface area (Å²) in [5.41, 5.74) is 1.42. The van der Waals surface area contributed by atoms with Gasteiger partial charge in [0.05, 0.1) is 0 Å². The topological polar surface area (TPSA) is 29.1 Å². The molecule has 2 aromatic carbocycles. The van der Waals surface area contributed by atoms with E-state index >= 15 is 0 Å². The van der Waals surface area contributed by atoms with E-state index in [1.807, 2.05) is 42.5 Å². The molecule has 94 valence electrons. The van der Waals surface area contributed by atoms with Crippen LogP contribution in [0.2, 0.25) is 0 Å². The average molecular weight is 249 g/mol. The molecule has 0 spiro atoms. The van der Waals surface area contributed by atoms with Gasteiger partial charge in [-0.1, -0.05) is 61.7 Å². The number of hydrogen-bond acceptors (Lipinski definition) is 1. The summed E-state index contributed by atoms with van der Waals surface area (Å²) in [6.07, 6.45) is 3.34. The summed E-state index contributed by atoms with van der Waals surface area (Å²) < 4.78 is 0. The molecule has 0 aliphatic heterocycles. The second-order valence-electron chi connectivity index (χ2n) is 4.11. The summed E-state index contributed by atoms with van der Waals surface area (Å²) >= 11 is 0. The molecule has 0 saturated carbocycles. The van der Waals surface area contributed by atoms with Crippen molar-refractivity contribution in [1.82, 2.24) is 5.32 Å². The average Bonchev–Trinajstić information content (AvgIpc) is 2.46.